The zero-order valence-corrected chi connectivity index (χ0v) is 15.3. The van der Waals surface area contributed by atoms with E-state index in [9.17, 15) is 5.11 Å². The molecule has 0 aromatic carbocycles. The van der Waals surface area contributed by atoms with Gasteiger partial charge in [0.05, 0.1) is 30.2 Å². The van der Waals surface area contributed by atoms with Gasteiger partial charge in [0.1, 0.15) is 16.2 Å². The minimum atomic E-state index is -0.233. The molecule has 0 bridgehead atoms. The van der Waals surface area contributed by atoms with Crippen molar-refractivity contribution in [1.82, 2.24) is 15.1 Å². The van der Waals surface area contributed by atoms with Crippen molar-refractivity contribution in [2.24, 2.45) is 0 Å². The number of aliphatic hydroxyl groups excluding tert-OH is 1. The summed E-state index contributed by atoms with van der Waals surface area (Å²) in [5.74, 6) is 0. The largest absolute Gasteiger partial charge is 0.390 e. The van der Waals surface area contributed by atoms with E-state index < -0.39 is 0 Å². The molecular weight excluding hydrogens is 356 g/mol. The molecule has 3 aromatic rings. The SMILES string of the molecule is CC1CN(c2c(CO)nc3c(-c4cccnc4)noc3c2Cl)CC(C)O1. The minimum absolute atomic E-state index is 0.0535. The molecule has 7 nitrogen and oxygen atoms in total. The highest BCUT2D eigenvalue weighted by atomic mass is 35.5. The van der Waals surface area contributed by atoms with E-state index in [-0.39, 0.29) is 18.8 Å². The van der Waals surface area contributed by atoms with Crippen LogP contribution in [-0.2, 0) is 11.3 Å². The maximum absolute atomic E-state index is 9.92. The first-order valence-electron chi connectivity index (χ1n) is 8.48. The molecule has 1 aliphatic heterocycles. The van der Waals surface area contributed by atoms with Crippen LogP contribution in [0.25, 0.3) is 22.4 Å². The number of aromatic nitrogens is 3. The van der Waals surface area contributed by atoms with Gasteiger partial charge >= 0.3 is 0 Å². The van der Waals surface area contributed by atoms with Gasteiger partial charge in [-0.15, -0.1) is 0 Å². The van der Waals surface area contributed by atoms with Crippen LogP contribution in [0.2, 0.25) is 5.02 Å². The van der Waals surface area contributed by atoms with E-state index in [1.54, 1.807) is 12.4 Å². The second-order valence-corrected chi connectivity index (χ2v) is 6.87. The number of hydrogen-bond donors (Lipinski definition) is 1. The van der Waals surface area contributed by atoms with E-state index in [0.717, 1.165) is 5.56 Å². The number of rotatable bonds is 3. The Morgan fingerprint density at radius 2 is 2.08 bits per heavy atom. The second kappa shape index (κ2) is 6.83. The monoisotopic (exact) mass is 374 g/mol. The van der Waals surface area contributed by atoms with Gasteiger partial charge in [-0.1, -0.05) is 16.8 Å². The quantitative estimate of drug-likeness (QED) is 0.754. The topological polar surface area (TPSA) is 84.5 Å². The third-order valence-corrected chi connectivity index (χ3v) is 4.77. The van der Waals surface area contributed by atoms with Crippen molar-refractivity contribution in [2.75, 3.05) is 18.0 Å². The summed E-state index contributed by atoms with van der Waals surface area (Å²) in [6.07, 6.45) is 3.48. The summed E-state index contributed by atoms with van der Waals surface area (Å²) in [5.41, 5.74) is 3.43. The predicted molar refractivity (Wildman–Crippen MR) is 98.2 cm³/mol. The van der Waals surface area contributed by atoms with E-state index in [0.29, 0.717) is 46.3 Å². The molecule has 1 saturated heterocycles. The summed E-state index contributed by atoms with van der Waals surface area (Å²) in [6, 6.07) is 3.69. The highest BCUT2D eigenvalue weighted by molar-refractivity contribution is 6.37. The Morgan fingerprint density at radius 1 is 1.31 bits per heavy atom. The molecule has 1 N–H and O–H groups in total. The normalized spacial score (nSPS) is 20.7. The minimum Gasteiger partial charge on any atom is -0.390 e. The van der Waals surface area contributed by atoms with Crippen molar-refractivity contribution in [2.45, 2.75) is 32.7 Å². The fraction of sp³-hybridized carbons (Fsp3) is 0.389. The van der Waals surface area contributed by atoms with Crippen LogP contribution in [0.5, 0.6) is 0 Å². The molecule has 2 atom stereocenters. The van der Waals surface area contributed by atoms with Crippen molar-refractivity contribution >= 4 is 28.4 Å². The lowest BCUT2D eigenvalue weighted by molar-refractivity contribution is -0.00533. The van der Waals surface area contributed by atoms with Crippen molar-refractivity contribution in [3.8, 4) is 11.3 Å². The average molecular weight is 375 g/mol. The third-order valence-electron chi connectivity index (χ3n) is 4.42. The van der Waals surface area contributed by atoms with Gasteiger partial charge in [0.15, 0.2) is 0 Å². The number of aliphatic hydroxyl groups is 1. The van der Waals surface area contributed by atoms with Gasteiger partial charge < -0.3 is 19.3 Å². The van der Waals surface area contributed by atoms with Crippen LogP contribution in [0.3, 0.4) is 0 Å². The molecule has 2 unspecified atom stereocenters. The Balaban J connectivity index is 1.86. The van der Waals surface area contributed by atoms with Crippen LogP contribution >= 0.6 is 11.6 Å². The highest BCUT2D eigenvalue weighted by Crippen LogP contribution is 2.39. The fourth-order valence-corrected chi connectivity index (χ4v) is 3.79. The van der Waals surface area contributed by atoms with Crippen molar-refractivity contribution < 1.29 is 14.4 Å². The predicted octanol–water partition coefficient (Wildman–Crippen LogP) is 3.04. The van der Waals surface area contributed by atoms with Crippen LogP contribution in [0.1, 0.15) is 19.5 Å². The molecule has 26 heavy (non-hydrogen) atoms. The van der Waals surface area contributed by atoms with E-state index in [1.165, 1.54) is 0 Å². The zero-order valence-electron chi connectivity index (χ0n) is 14.5. The van der Waals surface area contributed by atoms with Gasteiger partial charge in [0, 0.05) is 31.0 Å². The molecular formula is C18H19ClN4O3. The smallest absolute Gasteiger partial charge is 0.206 e. The first-order chi connectivity index (χ1) is 12.6. The van der Waals surface area contributed by atoms with Gasteiger partial charge in [-0.3, -0.25) is 4.98 Å². The third kappa shape index (κ3) is 2.92. The molecule has 4 heterocycles. The number of halogens is 1. The van der Waals surface area contributed by atoms with E-state index in [2.05, 4.69) is 20.0 Å². The average Bonchev–Trinajstić information content (AvgIpc) is 3.05. The molecule has 3 aromatic heterocycles. The van der Waals surface area contributed by atoms with Gasteiger partial charge in [-0.05, 0) is 26.0 Å². The lowest BCUT2D eigenvalue weighted by atomic mass is 10.1. The lowest BCUT2D eigenvalue weighted by Gasteiger charge is -2.37. The van der Waals surface area contributed by atoms with Crippen LogP contribution in [0.15, 0.2) is 29.0 Å². The van der Waals surface area contributed by atoms with Crippen molar-refractivity contribution in [3.05, 3.63) is 35.2 Å². The van der Waals surface area contributed by atoms with E-state index in [4.69, 9.17) is 20.9 Å². The Bertz CT molecular complexity index is 921. The number of anilines is 1. The van der Waals surface area contributed by atoms with Gasteiger partial charge in [0.25, 0.3) is 0 Å². The molecule has 0 aliphatic carbocycles. The molecule has 0 amide bonds. The van der Waals surface area contributed by atoms with E-state index >= 15 is 0 Å². The molecule has 1 fully saturated rings. The summed E-state index contributed by atoms with van der Waals surface area (Å²) < 4.78 is 11.3. The molecule has 4 rings (SSSR count). The lowest BCUT2D eigenvalue weighted by Crippen LogP contribution is -2.46. The number of pyridine rings is 2. The van der Waals surface area contributed by atoms with Crippen molar-refractivity contribution in [1.29, 1.82) is 0 Å². The van der Waals surface area contributed by atoms with E-state index in [1.807, 2.05) is 26.0 Å². The summed E-state index contributed by atoms with van der Waals surface area (Å²) in [7, 11) is 0. The Morgan fingerprint density at radius 3 is 2.73 bits per heavy atom. The molecule has 1 aliphatic rings. The summed E-state index contributed by atoms with van der Waals surface area (Å²) >= 11 is 6.67. The number of ether oxygens (including phenoxy) is 1. The number of nitrogens with zero attached hydrogens (tertiary/aromatic N) is 4. The summed E-state index contributed by atoms with van der Waals surface area (Å²) in [5, 5.41) is 14.5. The molecule has 0 spiro atoms. The first kappa shape index (κ1) is 17.2. The molecule has 136 valence electrons. The molecule has 0 radical (unpaired) electrons. The van der Waals surface area contributed by atoms with Crippen LogP contribution in [0, 0.1) is 0 Å². The fourth-order valence-electron chi connectivity index (χ4n) is 3.44. The zero-order chi connectivity index (χ0) is 18.3. The highest BCUT2D eigenvalue weighted by Gasteiger charge is 2.29. The van der Waals surface area contributed by atoms with Crippen LogP contribution < -0.4 is 4.90 Å². The Hall–Kier alpha value is -2.22. The second-order valence-electron chi connectivity index (χ2n) is 6.49. The summed E-state index contributed by atoms with van der Waals surface area (Å²) in [6.45, 7) is 5.11. The number of hydrogen-bond acceptors (Lipinski definition) is 7. The maximum Gasteiger partial charge on any atom is 0.206 e. The maximum atomic E-state index is 9.92. The first-order valence-corrected chi connectivity index (χ1v) is 8.85. The Labute approximate surface area is 155 Å². The number of fused-ring (bicyclic) bond motifs is 1. The summed E-state index contributed by atoms with van der Waals surface area (Å²) in [4.78, 5) is 10.8. The standard InChI is InChI=1S/C18H19ClN4O3/c1-10-7-23(8-11(2)25-10)17-13(9-24)21-16-15(12-4-3-5-20-6-12)22-26-18(16)14(17)19/h3-6,10-11,24H,7-9H2,1-2H3. The van der Waals surface area contributed by atoms with Gasteiger partial charge in [-0.2, -0.15) is 0 Å². The molecule has 0 saturated carbocycles. The van der Waals surface area contributed by atoms with Gasteiger partial charge in [-0.25, -0.2) is 4.98 Å². The Kier molecular flexibility index (Phi) is 4.52. The van der Waals surface area contributed by atoms with Crippen LogP contribution in [0.4, 0.5) is 5.69 Å². The molecule has 8 heteroatoms. The van der Waals surface area contributed by atoms with Gasteiger partial charge in [0.2, 0.25) is 5.58 Å². The van der Waals surface area contributed by atoms with Crippen LogP contribution in [-0.4, -0.2) is 45.5 Å². The van der Waals surface area contributed by atoms with Crippen molar-refractivity contribution in [3.63, 3.8) is 0 Å². The number of morpholine rings is 1.